The number of thiophene rings is 1. The average Bonchev–Trinajstić information content (AvgIpc) is 1.55. The number of ether oxygens (including phenoxy) is 4. The number of carbonyl (C=O) groups is 6. The van der Waals surface area contributed by atoms with E-state index in [1.165, 1.54) is 30.6 Å². The summed E-state index contributed by atoms with van der Waals surface area (Å²) in [7, 11) is -5.30. The number of likely N-dealkylation sites (tertiary alicyclic amines) is 1. The topological polar surface area (TPSA) is 260 Å². The molecule has 0 radical (unpaired) electrons. The second-order valence-electron chi connectivity index (χ2n) is 26.0. The number of halogens is 3. The molecule has 6 aromatic rings. The van der Waals surface area contributed by atoms with Gasteiger partial charge >= 0.3 is 30.1 Å². The number of phenols is 1. The molecule has 5 aromatic carbocycles. The van der Waals surface area contributed by atoms with Crippen LogP contribution in [0.3, 0.4) is 0 Å². The number of hydrogen-bond donors (Lipinski definition) is 3. The lowest BCUT2D eigenvalue weighted by atomic mass is 9.78. The van der Waals surface area contributed by atoms with Crippen molar-refractivity contribution in [3.05, 3.63) is 138 Å². The molecule has 22 heteroatoms. The highest BCUT2D eigenvalue weighted by Gasteiger charge is 2.70. The standard InChI is InChI=1S/C18H23F3O9S.C18H13S.C17H26O4.C10H14O.C9H11NO2/c1-4-17(2,3)16(24)30-13-8-5-7-11(15(23)29-12(7)13)10(8)14(22)28-9(18(19,20)21)6-31(25,26)27;1-2-8-14(9-3-1)19-17-12-6-4-10-15(17)16-11-5-7-13-18(16)19;1-7-11(2)15(18)21-14-9-12(16(3,4)19)8-13(10-14)17(5,6)20;1-3-8(2)9-5-4-6-10(11)7-9;1-4-5-10-8(11)6(2)7(3)9(10)12/h7-13H,4-6H2,1-3H3,(H,25,26,27);1-13H;8-11,19-20H,7H2,1-6H3;4-8,11H,3H2,1-2H3;1,6-7H,5H2,2-3H3/q;+1;;;/p-1. The predicted molar refractivity (Wildman–Crippen MR) is 351 cm³/mol. The van der Waals surface area contributed by atoms with E-state index >= 15 is 0 Å². The Morgan fingerprint density at radius 2 is 1.30 bits per heavy atom. The summed E-state index contributed by atoms with van der Waals surface area (Å²) >= 11 is 0. The minimum absolute atomic E-state index is 0.0594. The molecule has 2 saturated heterocycles. The van der Waals surface area contributed by atoms with Gasteiger partial charge in [0, 0.05) is 44.9 Å². The van der Waals surface area contributed by atoms with Crippen molar-refractivity contribution in [1.82, 2.24) is 4.90 Å². The minimum Gasteiger partial charge on any atom is -0.748 e. The van der Waals surface area contributed by atoms with Gasteiger partial charge in [0.1, 0.15) is 23.7 Å². The number of aliphatic hydroxyl groups is 2. The molecule has 1 aromatic heterocycles. The van der Waals surface area contributed by atoms with E-state index < -0.39 is 98.6 Å². The van der Waals surface area contributed by atoms with Crippen LogP contribution in [0.4, 0.5) is 13.2 Å². The number of imide groups is 1. The highest BCUT2D eigenvalue weighted by molar-refractivity contribution is 7.85. The first-order valence-corrected chi connectivity index (χ1v) is 34.1. The number of nitrogens with zero attached hydrogens (tertiary/aromatic N) is 1. The predicted octanol–water partition coefficient (Wildman–Crippen LogP) is 13.2. The fourth-order valence-electron chi connectivity index (χ4n) is 11.2. The van der Waals surface area contributed by atoms with Crippen LogP contribution in [0.5, 0.6) is 11.5 Å². The van der Waals surface area contributed by atoms with Crippen molar-refractivity contribution in [3.63, 3.8) is 0 Å². The quantitative estimate of drug-likeness (QED) is 0.0155. The van der Waals surface area contributed by atoms with Gasteiger partial charge in [-0.2, -0.15) is 13.2 Å². The highest BCUT2D eigenvalue weighted by atomic mass is 32.2. The van der Waals surface area contributed by atoms with Gasteiger partial charge in [0.2, 0.25) is 17.9 Å². The first-order chi connectivity index (χ1) is 43.8. The van der Waals surface area contributed by atoms with Gasteiger partial charge in [0.25, 0.3) is 0 Å². The fraction of sp³-hybridized carbons (Fsp3) is 0.472. The van der Waals surface area contributed by atoms with Gasteiger partial charge in [0.15, 0.2) is 14.3 Å². The first-order valence-electron chi connectivity index (χ1n) is 31.3. The van der Waals surface area contributed by atoms with Crippen LogP contribution in [0.25, 0.3) is 25.1 Å². The number of rotatable bonds is 16. The van der Waals surface area contributed by atoms with Gasteiger partial charge in [-0.1, -0.05) is 109 Å². The van der Waals surface area contributed by atoms with E-state index in [4.69, 9.17) is 25.7 Å². The molecule has 11 atom stereocenters. The molecule has 10 rings (SSSR count). The Morgan fingerprint density at radius 1 is 0.766 bits per heavy atom. The van der Waals surface area contributed by atoms with E-state index in [2.05, 4.69) is 103 Å². The van der Waals surface area contributed by atoms with Crippen molar-refractivity contribution in [2.75, 3.05) is 12.3 Å². The number of fused-ring (bicyclic) bond motifs is 4. The van der Waals surface area contributed by atoms with Crippen LogP contribution in [-0.4, -0.2) is 106 Å². The Bertz CT molecular complexity index is 3740. The van der Waals surface area contributed by atoms with Gasteiger partial charge in [0.05, 0.1) is 56.8 Å². The lowest BCUT2D eigenvalue weighted by Gasteiger charge is -2.33. The van der Waals surface area contributed by atoms with Crippen molar-refractivity contribution >= 4 is 76.5 Å². The average molecular weight is 1340 g/mol. The molecule has 94 heavy (non-hydrogen) atoms. The van der Waals surface area contributed by atoms with E-state index in [1.54, 1.807) is 93.5 Å². The summed E-state index contributed by atoms with van der Waals surface area (Å²) in [6, 6.07) is 40.9. The first kappa shape index (κ1) is 75.3. The Labute approximate surface area is 551 Å². The van der Waals surface area contributed by atoms with Crippen LogP contribution in [0.2, 0.25) is 0 Å². The number of amides is 2. The third kappa shape index (κ3) is 18.2. The summed E-state index contributed by atoms with van der Waals surface area (Å²) in [6.07, 6.45) is -2.84. The summed E-state index contributed by atoms with van der Waals surface area (Å²) in [5.41, 5.74) is -0.642. The molecule has 0 spiro atoms. The van der Waals surface area contributed by atoms with Crippen molar-refractivity contribution in [2.45, 2.75) is 157 Å². The number of esters is 4. The molecule has 3 heterocycles. The van der Waals surface area contributed by atoms with E-state index in [0.29, 0.717) is 41.4 Å². The van der Waals surface area contributed by atoms with Crippen molar-refractivity contribution in [3.8, 4) is 28.7 Å². The molecule has 2 amide bonds. The van der Waals surface area contributed by atoms with Crippen LogP contribution in [0, 0.1) is 59.2 Å². The highest BCUT2D eigenvalue weighted by Crippen LogP contribution is 2.59. The zero-order valence-corrected chi connectivity index (χ0v) is 56.9. The number of hydrogen-bond acceptors (Lipinski definition) is 16. The van der Waals surface area contributed by atoms with Gasteiger partial charge in [-0.25, -0.2) is 8.42 Å². The number of carbonyl (C=O) groups excluding carboxylic acids is 6. The molecule has 3 N–H and O–H groups in total. The lowest BCUT2D eigenvalue weighted by molar-refractivity contribution is -0.220. The Balaban J connectivity index is 0.000000196. The number of phenolic OH excluding ortho intramolecular Hbond substituents is 1. The number of terminal acetylenes is 1. The van der Waals surface area contributed by atoms with Crippen LogP contribution < -0.4 is 4.74 Å². The van der Waals surface area contributed by atoms with E-state index in [0.717, 1.165) is 11.3 Å². The Morgan fingerprint density at radius 3 is 1.77 bits per heavy atom. The molecule has 2 aliphatic carbocycles. The molecule has 4 fully saturated rings. The summed E-state index contributed by atoms with van der Waals surface area (Å²) in [5, 5.41) is 32.3. The molecular weight excluding hydrogens is 1260 g/mol. The fourth-order valence-corrected chi connectivity index (χ4v) is 14.3. The van der Waals surface area contributed by atoms with Gasteiger partial charge in [-0.05, 0) is 157 Å². The number of alkyl halides is 3. The lowest BCUT2D eigenvalue weighted by Crippen LogP contribution is -2.47. The van der Waals surface area contributed by atoms with Crippen LogP contribution in [0.15, 0.2) is 121 Å². The molecule has 17 nitrogen and oxygen atoms in total. The smallest absolute Gasteiger partial charge is 0.426 e. The Kier molecular flexibility index (Phi) is 24.7. The SMILES string of the molecule is C#CCN1C(=O)C(C)C(C)C1=O.CCC(C)(C)C(=O)OC1C2CC3C1OC(=O)C3C2C(=O)OC(CS(=O)(=O)[O-])C(F)(F)F.CCC(C)C(=O)Oc1cc(C(C)(C)O)cc(C(C)(C)O)c1.CCC(C)c1cccc(O)c1.c1ccc(-[s+]2c3ccccc3c3ccccc32)cc1. The largest absolute Gasteiger partial charge is 0.748 e. The second-order valence-corrected chi connectivity index (χ2v) is 29.4. The van der Waals surface area contributed by atoms with E-state index in [-0.39, 0.29) is 59.0 Å². The van der Waals surface area contributed by atoms with Gasteiger partial charge in [-0.3, -0.25) is 33.7 Å². The molecule has 11 unspecified atom stereocenters. The summed E-state index contributed by atoms with van der Waals surface area (Å²) in [5.74, 6) is -6.41. The van der Waals surface area contributed by atoms with Crippen molar-refractivity contribution in [1.29, 1.82) is 0 Å². The molecule has 4 aliphatic rings. The molecule has 508 valence electrons. The molecule has 2 aliphatic heterocycles. The second kappa shape index (κ2) is 30.8. The van der Waals surface area contributed by atoms with Gasteiger partial charge in [-0.15, -0.1) is 6.42 Å². The number of aromatic hydroxyl groups is 1. The Hall–Kier alpha value is -7.68. The third-order valence-corrected chi connectivity index (χ3v) is 20.9. The zero-order valence-electron chi connectivity index (χ0n) is 55.3. The molecule has 2 bridgehead atoms. The van der Waals surface area contributed by atoms with Gasteiger partial charge < -0.3 is 38.8 Å². The van der Waals surface area contributed by atoms with Crippen LogP contribution in [-0.2, 0) is 64.3 Å². The summed E-state index contributed by atoms with van der Waals surface area (Å²) in [6.45, 7) is 23.3. The number of benzene rings is 5. The van der Waals surface area contributed by atoms with E-state index in [9.17, 15) is 65.1 Å². The van der Waals surface area contributed by atoms with Crippen LogP contribution in [0.1, 0.15) is 138 Å². The normalized spacial score (nSPS) is 21.6. The monoisotopic (exact) mass is 1340 g/mol. The molecule has 2 saturated carbocycles. The van der Waals surface area contributed by atoms with Crippen molar-refractivity contribution < 1.29 is 89.2 Å². The summed E-state index contributed by atoms with van der Waals surface area (Å²) < 4.78 is 95.2. The van der Waals surface area contributed by atoms with Crippen LogP contribution >= 0.6 is 10.5 Å². The summed E-state index contributed by atoms with van der Waals surface area (Å²) in [4.78, 5) is 74.5. The van der Waals surface area contributed by atoms with E-state index in [1.807, 2.05) is 25.1 Å². The minimum atomic E-state index is -5.36. The maximum absolute atomic E-state index is 13.1. The van der Waals surface area contributed by atoms with Crippen molar-refractivity contribution in [2.24, 2.45) is 46.8 Å². The zero-order chi connectivity index (χ0) is 70.2. The third-order valence-electron chi connectivity index (χ3n) is 17.9. The maximum Gasteiger partial charge on any atom is 0.426 e. The molecular formula is C72H86F3NO16S2. The maximum atomic E-state index is 13.1.